The molecule has 0 amide bonds. The molecule has 0 spiro atoms. The Bertz CT molecular complexity index is 160. The summed E-state index contributed by atoms with van der Waals surface area (Å²) in [5.41, 5.74) is 0. The predicted molar refractivity (Wildman–Crippen MR) is 67.2 cm³/mol. The lowest BCUT2D eigenvalue weighted by Gasteiger charge is -2.36. The molecule has 1 saturated heterocycles. The molecule has 0 aromatic carbocycles. The Labute approximate surface area is 95.4 Å². The van der Waals surface area contributed by atoms with Crippen molar-refractivity contribution in [2.45, 2.75) is 59.0 Å². The van der Waals surface area contributed by atoms with Crippen LogP contribution in [0.25, 0.3) is 0 Å². The molecule has 0 aromatic rings. The molecule has 0 saturated carbocycles. The van der Waals surface area contributed by atoms with E-state index in [9.17, 15) is 0 Å². The average Bonchev–Trinajstić information content (AvgIpc) is 2.26. The molecule has 1 aliphatic rings. The molecule has 0 bridgehead atoms. The third kappa shape index (κ3) is 4.52. The van der Waals surface area contributed by atoms with Crippen LogP contribution in [-0.4, -0.2) is 36.6 Å². The summed E-state index contributed by atoms with van der Waals surface area (Å²) in [4.78, 5) is 2.64. The van der Waals surface area contributed by atoms with Gasteiger partial charge in [-0.15, -0.1) is 0 Å². The maximum atomic E-state index is 3.55. The van der Waals surface area contributed by atoms with Crippen molar-refractivity contribution in [1.82, 2.24) is 10.2 Å². The fraction of sp³-hybridized carbons (Fsp3) is 1.00. The van der Waals surface area contributed by atoms with Crippen LogP contribution in [0, 0.1) is 5.92 Å². The summed E-state index contributed by atoms with van der Waals surface area (Å²) in [6.07, 6.45) is 4.04. The van der Waals surface area contributed by atoms with E-state index in [-0.39, 0.29) is 0 Å². The van der Waals surface area contributed by atoms with E-state index in [4.69, 9.17) is 0 Å². The van der Waals surface area contributed by atoms with Crippen molar-refractivity contribution in [1.29, 1.82) is 0 Å². The van der Waals surface area contributed by atoms with Gasteiger partial charge in [0.25, 0.3) is 0 Å². The molecule has 1 unspecified atom stereocenters. The molecule has 1 atom stereocenters. The van der Waals surface area contributed by atoms with Crippen molar-refractivity contribution < 1.29 is 0 Å². The van der Waals surface area contributed by atoms with Crippen LogP contribution >= 0.6 is 0 Å². The van der Waals surface area contributed by atoms with Gasteiger partial charge in [-0.1, -0.05) is 20.8 Å². The third-order valence-corrected chi connectivity index (χ3v) is 3.68. The first-order valence-electron chi connectivity index (χ1n) is 6.61. The monoisotopic (exact) mass is 212 g/mol. The minimum absolute atomic E-state index is 0.637. The first-order chi connectivity index (χ1) is 7.13. The maximum absolute atomic E-state index is 3.55. The van der Waals surface area contributed by atoms with Crippen molar-refractivity contribution in [2.24, 2.45) is 5.92 Å². The van der Waals surface area contributed by atoms with E-state index in [0.29, 0.717) is 6.04 Å². The second-order valence-electron chi connectivity index (χ2n) is 5.30. The van der Waals surface area contributed by atoms with Crippen LogP contribution in [0.5, 0.6) is 0 Å². The number of nitrogens with zero attached hydrogens (tertiary/aromatic N) is 1. The first kappa shape index (κ1) is 13.0. The lowest BCUT2D eigenvalue weighted by Crippen LogP contribution is -2.42. The van der Waals surface area contributed by atoms with Gasteiger partial charge in [-0.2, -0.15) is 0 Å². The van der Waals surface area contributed by atoms with E-state index in [0.717, 1.165) is 12.0 Å². The standard InChI is InChI=1S/C13H28N2/c1-5-12(4)15-8-6-13(7-9-15)10-14-11(2)3/h11-14H,5-10H2,1-4H3. The fourth-order valence-corrected chi connectivity index (χ4v) is 2.26. The number of rotatable bonds is 5. The minimum atomic E-state index is 0.637. The van der Waals surface area contributed by atoms with Gasteiger partial charge in [0.05, 0.1) is 0 Å². The minimum Gasteiger partial charge on any atom is -0.314 e. The van der Waals surface area contributed by atoms with Crippen LogP contribution in [0.3, 0.4) is 0 Å². The number of nitrogens with one attached hydrogen (secondary N) is 1. The molecule has 0 radical (unpaired) electrons. The molecule has 2 nitrogen and oxygen atoms in total. The smallest absolute Gasteiger partial charge is 0.00643 e. The van der Waals surface area contributed by atoms with Crippen LogP contribution < -0.4 is 5.32 Å². The van der Waals surface area contributed by atoms with Gasteiger partial charge in [0.15, 0.2) is 0 Å². The Morgan fingerprint density at radius 1 is 1.20 bits per heavy atom. The normalized spacial score (nSPS) is 22.2. The summed E-state index contributed by atoms with van der Waals surface area (Å²) < 4.78 is 0. The molecular formula is C13H28N2. The van der Waals surface area contributed by atoms with Crippen LogP contribution in [-0.2, 0) is 0 Å². The van der Waals surface area contributed by atoms with Crippen LogP contribution in [0.2, 0.25) is 0 Å². The molecule has 2 heteroatoms. The maximum Gasteiger partial charge on any atom is 0.00643 e. The van der Waals surface area contributed by atoms with E-state index in [1.165, 1.54) is 38.9 Å². The van der Waals surface area contributed by atoms with Crippen molar-refractivity contribution >= 4 is 0 Å². The van der Waals surface area contributed by atoms with Gasteiger partial charge in [-0.05, 0) is 51.7 Å². The quantitative estimate of drug-likeness (QED) is 0.753. The highest BCUT2D eigenvalue weighted by Crippen LogP contribution is 2.19. The van der Waals surface area contributed by atoms with Crippen molar-refractivity contribution in [3.8, 4) is 0 Å². The fourth-order valence-electron chi connectivity index (χ4n) is 2.26. The zero-order chi connectivity index (χ0) is 11.3. The van der Waals surface area contributed by atoms with Gasteiger partial charge in [-0.3, -0.25) is 0 Å². The van der Waals surface area contributed by atoms with Gasteiger partial charge < -0.3 is 10.2 Å². The van der Waals surface area contributed by atoms with E-state index in [2.05, 4.69) is 37.9 Å². The molecule has 1 rings (SSSR count). The third-order valence-electron chi connectivity index (χ3n) is 3.68. The molecule has 15 heavy (non-hydrogen) atoms. The molecule has 1 heterocycles. The van der Waals surface area contributed by atoms with Gasteiger partial charge in [0.1, 0.15) is 0 Å². The summed E-state index contributed by atoms with van der Waals surface area (Å²) in [6.45, 7) is 12.9. The highest BCUT2D eigenvalue weighted by molar-refractivity contribution is 4.77. The van der Waals surface area contributed by atoms with Gasteiger partial charge in [-0.25, -0.2) is 0 Å². The van der Waals surface area contributed by atoms with E-state index < -0.39 is 0 Å². The molecular weight excluding hydrogens is 184 g/mol. The van der Waals surface area contributed by atoms with E-state index in [1.54, 1.807) is 0 Å². The lowest BCUT2D eigenvalue weighted by atomic mass is 9.95. The van der Waals surface area contributed by atoms with Gasteiger partial charge >= 0.3 is 0 Å². The number of likely N-dealkylation sites (tertiary alicyclic amines) is 1. The van der Waals surface area contributed by atoms with Gasteiger partial charge in [0.2, 0.25) is 0 Å². The Morgan fingerprint density at radius 3 is 2.27 bits per heavy atom. The van der Waals surface area contributed by atoms with Crippen LogP contribution in [0.1, 0.15) is 47.0 Å². The lowest BCUT2D eigenvalue weighted by molar-refractivity contribution is 0.136. The molecule has 0 aliphatic carbocycles. The zero-order valence-corrected chi connectivity index (χ0v) is 10.9. The highest BCUT2D eigenvalue weighted by Gasteiger charge is 2.21. The van der Waals surface area contributed by atoms with Crippen molar-refractivity contribution in [3.05, 3.63) is 0 Å². The van der Waals surface area contributed by atoms with Crippen LogP contribution in [0.15, 0.2) is 0 Å². The largest absolute Gasteiger partial charge is 0.314 e. The van der Waals surface area contributed by atoms with Gasteiger partial charge in [0, 0.05) is 12.1 Å². The summed E-state index contributed by atoms with van der Waals surface area (Å²) in [6, 6.07) is 1.42. The van der Waals surface area contributed by atoms with Crippen LogP contribution in [0.4, 0.5) is 0 Å². The Morgan fingerprint density at radius 2 is 1.80 bits per heavy atom. The Kier molecular flexibility index (Phi) is 5.62. The van der Waals surface area contributed by atoms with Crippen molar-refractivity contribution in [2.75, 3.05) is 19.6 Å². The Hall–Kier alpha value is -0.0800. The second kappa shape index (κ2) is 6.49. The molecule has 90 valence electrons. The van der Waals surface area contributed by atoms with E-state index in [1.807, 2.05) is 0 Å². The zero-order valence-electron chi connectivity index (χ0n) is 10.9. The SMILES string of the molecule is CCC(C)N1CCC(CNC(C)C)CC1. The van der Waals surface area contributed by atoms with E-state index >= 15 is 0 Å². The number of hydrogen-bond donors (Lipinski definition) is 1. The second-order valence-corrected chi connectivity index (χ2v) is 5.30. The average molecular weight is 212 g/mol. The topological polar surface area (TPSA) is 15.3 Å². The molecule has 1 aliphatic heterocycles. The summed E-state index contributed by atoms with van der Waals surface area (Å²) in [7, 11) is 0. The Balaban J connectivity index is 2.18. The summed E-state index contributed by atoms with van der Waals surface area (Å²) >= 11 is 0. The van der Waals surface area contributed by atoms with Crippen molar-refractivity contribution in [3.63, 3.8) is 0 Å². The number of hydrogen-bond acceptors (Lipinski definition) is 2. The first-order valence-corrected chi connectivity index (χ1v) is 6.61. The summed E-state index contributed by atoms with van der Waals surface area (Å²) in [5, 5.41) is 3.55. The molecule has 1 fully saturated rings. The highest BCUT2D eigenvalue weighted by atomic mass is 15.2. The predicted octanol–water partition coefficient (Wildman–Crippen LogP) is 2.49. The number of piperidine rings is 1. The summed E-state index contributed by atoms with van der Waals surface area (Å²) in [5.74, 6) is 0.910. The molecule has 1 N–H and O–H groups in total. The molecule has 0 aromatic heterocycles.